The van der Waals surface area contributed by atoms with Crippen LogP contribution in [0, 0.1) is 0 Å². The molecular weight excluding hydrogens is 238 g/mol. The monoisotopic (exact) mass is 253 g/mol. The molecule has 0 aromatic heterocycles. The number of halogens is 1. The predicted molar refractivity (Wildman–Crippen MR) is 63.6 cm³/mol. The Morgan fingerprint density at radius 2 is 2.00 bits per heavy atom. The zero-order chi connectivity index (χ0) is 9.97. The van der Waals surface area contributed by atoms with Gasteiger partial charge in [-0.25, -0.2) is 0 Å². The van der Waals surface area contributed by atoms with Crippen molar-refractivity contribution in [2.45, 2.75) is 18.8 Å². The first-order valence-corrected chi connectivity index (χ1v) is 5.99. The molecule has 0 N–H and O–H groups in total. The van der Waals surface area contributed by atoms with Gasteiger partial charge in [0, 0.05) is 11.0 Å². The van der Waals surface area contributed by atoms with Gasteiger partial charge in [-0.15, -0.1) is 0 Å². The third kappa shape index (κ3) is 2.37. The maximum atomic E-state index is 3.47. The summed E-state index contributed by atoms with van der Waals surface area (Å²) in [5.74, 6) is 0.738. The van der Waals surface area contributed by atoms with Gasteiger partial charge in [-0.2, -0.15) is 0 Å². The number of likely N-dealkylation sites (tertiary alicyclic amines) is 1. The summed E-state index contributed by atoms with van der Waals surface area (Å²) in [5.41, 5.74) is 1.49. The van der Waals surface area contributed by atoms with Crippen LogP contribution in [0.1, 0.15) is 24.3 Å². The number of piperidine rings is 1. The van der Waals surface area contributed by atoms with E-state index in [9.17, 15) is 0 Å². The third-order valence-corrected chi connectivity index (χ3v) is 3.49. The molecule has 0 amide bonds. The lowest BCUT2D eigenvalue weighted by atomic mass is 9.91. The van der Waals surface area contributed by atoms with E-state index < -0.39 is 0 Å². The molecule has 1 nitrogen and oxygen atoms in total. The molecule has 0 aliphatic carbocycles. The van der Waals surface area contributed by atoms with Crippen molar-refractivity contribution in [2.24, 2.45) is 0 Å². The van der Waals surface area contributed by atoms with E-state index in [-0.39, 0.29) is 0 Å². The Labute approximate surface area is 94.2 Å². The van der Waals surface area contributed by atoms with Crippen molar-refractivity contribution in [1.29, 1.82) is 0 Å². The van der Waals surface area contributed by atoms with Gasteiger partial charge >= 0.3 is 0 Å². The van der Waals surface area contributed by atoms with Crippen LogP contribution in [0.25, 0.3) is 0 Å². The lowest BCUT2D eigenvalue weighted by molar-refractivity contribution is 0.251. The Hall–Kier alpha value is -0.340. The second-order valence-corrected chi connectivity index (χ2v) is 5.07. The molecule has 0 saturated carbocycles. The van der Waals surface area contributed by atoms with Crippen LogP contribution >= 0.6 is 15.9 Å². The van der Waals surface area contributed by atoms with Crippen molar-refractivity contribution in [3.63, 3.8) is 0 Å². The molecule has 0 spiro atoms. The maximum Gasteiger partial charge on any atom is 0.0175 e. The molecule has 14 heavy (non-hydrogen) atoms. The minimum Gasteiger partial charge on any atom is -0.306 e. The molecule has 2 rings (SSSR count). The summed E-state index contributed by atoms with van der Waals surface area (Å²) in [6.45, 7) is 2.47. The number of nitrogens with zero attached hydrogens (tertiary/aromatic N) is 1. The van der Waals surface area contributed by atoms with Crippen molar-refractivity contribution in [3.05, 3.63) is 34.3 Å². The smallest absolute Gasteiger partial charge is 0.0175 e. The van der Waals surface area contributed by atoms with Crippen molar-refractivity contribution in [2.75, 3.05) is 20.1 Å². The van der Waals surface area contributed by atoms with Crippen LogP contribution < -0.4 is 0 Å². The SMILES string of the molecule is CN1CCC[C@H](c2ccc(Br)cc2)C1. The molecule has 1 aromatic carbocycles. The molecule has 1 aromatic rings. The first-order chi connectivity index (χ1) is 6.75. The van der Waals surface area contributed by atoms with E-state index in [1.165, 1.54) is 36.0 Å². The average Bonchev–Trinajstić information content (AvgIpc) is 2.19. The quantitative estimate of drug-likeness (QED) is 0.743. The summed E-state index contributed by atoms with van der Waals surface area (Å²) in [7, 11) is 2.21. The van der Waals surface area contributed by atoms with E-state index in [1.54, 1.807) is 0 Å². The fraction of sp³-hybridized carbons (Fsp3) is 0.500. The second kappa shape index (κ2) is 4.45. The second-order valence-electron chi connectivity index (χ2n) is 4.15. The van der Waals surface area contributed by atoms with Gasteiger partial charge in [0.25, 0.3) is 0 Å². The van der Waals surface area contributed by atoms with Gasteiger partial charge in [0.1, 0.15) is 0 Å². The minimum atomic E-state index is 0.738. The minimum absolute atomic E-state index is 0.738. The fourth-order valence-corrected chi connectivity index (χ4v) is 2.44. The maximum absolute atomic E-state index is 3.47. The molecule has 1 atom stereocenters. The summed E-state index contributed by atoms with van der Waals surface area (Å²) in [6, 6.07) is 8.77. The summed E-state index contributed by atoms with van der Waals surface area (Å²) < 4.78 is 1.17. The Kier molecular flexibility index (Phi) is 3.24. The highest BCUT2D eigenvalue weighted by Gasteiger charge is 2.18. The van der Waals surface area contributed by atoms with Crippen LogP contribution in [0.5, 0.6) is 0 Å². The van der Waals surface area contributed by atoms with Crippen molar-refractivity contribution >= 4 is 15.9 Å². The zero-order valence-corrected chi connectivity index (χ0v) is 10.1. The van der Waals surface area contributed by atoms with Gasteiger partial charge in [-0.1, -0.05) is 28.1 Å². The van der Waals surface area contributed by atoms with Crippen LogP contribution in [0.2, 0.25) is 0 Å². The van der Waals surface area contributed by atoms with E-state index >= 15 is 0 Å². The first kappa shape index (κ1) is 10.2. The number of hydrogen-bond acceptors (Lipinski definition) is 1. The highest BCUT2D eigenvalue weighted by atomic mass is 79.9. The summed E-state index contributed by atoms with van der Waals surface area (Å²) in [6.07, 6.45) is 2.67. The molecule has 76 valence electrons. The lowest BCUT2D eigenvalue weighted by Gasteiger charge is -2.29. The van der Waals surface area contributed by atoms with Crippen LogP contribution in [-0.4, -0.2) is 25.0 Å². The molecule has 0 bridgehead atoms. The molecule has 0 radical (unpaired) electrons. The lowest BCUT2D eigenvalue weighted by Crippen LogP contribution is -2.30. The average molecular weight is 254 g/mol. The molecule has 1 saturated heterocycles. The van der Waals surface area contributed by atoms with E-state index in [4.69, 9.17) is 0 Å². The van der Waals surface area contributed by atoms with Gasteiger partial charge in [0.15, 0.2) is 0 Å². The Morgan fingerprint density at radius 1 is 1.29 bits per heavy atom. The van der Waals surface area contributed by atoms with Gasteiger partial charge in [-0.3, -0.25) is 0 Å². The summed E-state index contributed by atoms with van der Waals surface area (Å²) >= 11 is 3.47. The summed E-state index contributed by atoms with van der Waals surface area (Å²) in [5, 5.41) is 0. The van der Waals surface area contributed by atoms with Gasteiger partial charge < -0.3 is 4.90 Å². The van der Waals surface area contributed by atoms with E-state index in [0.29, 0.717) is 0 Å². The standard InChI is InChI=1S/C12H16BrN/c1-14-8-2-3-11(9-14)10-4-6-12(13)7-5-10/h4-7,11H,2-3,8-9H2,1H3/t11-/m0/s1. The third-order valence-electron chi connectivity index (χ3n) is 2.97. The molecular formula is C12H16BrN. The highest BCUT2D eigenvalue weighted by molar-refractivity contribution is 9.10. The Balaban J connectivity index is 2.10. The van der Waals surface area contributed by atoms with E-state index in [2.05, 4.69) is 52.1 Å². The number of hydrogen-bond donors (Lipinski definition) is 0. The molecule has 1 heterocycles. The number of benzene rings is 1. The van der Waals surface area contributed by atoms with E-state index in [0.717, 1.165) is 5.92 Å². The largest absolute Gasteiger partial charge is 0.306 e. The van der Waals surface area contributed by atoms with Gasteiger partial charge in [-0.05, 0) is 50.0 Å². The Morgan fingerprint density at radius 3 is 2.64 bits per heavy atom. The van der Waals surface area contributed by atoms with Crippen molar-refractivity contribution < 1.29 is 0 Å². The van der Waals surface area contributed by atoms with Crippen LogP contribution in [0.15, 0.2) is 28.7 Å². The Bertz CT molecular complexity index is 294. The fourth-order valence-electron chi connectivity index (χ4n) is 2.17. The normalized spacial score (nSPS) is 23.7. The highest BCUT2D eigenvalue weighted by Crippen LogP contribution is 2.26. The van der Waals surface area contributed by atoms with Crippen molar-refractivity contribution in [1.82, 2.24) is 4.90 Å². The number of likely N-dealkylation sites (N-methyl/N-ethyl adjacent to an activating group) is 1. The summed E-state index contributed by atoms with van der Waals surface area (Å²) in [4.78, 5) is 2.43. The van der Waals surface area contributed by atoms with E-state index in [1.807, 2.05) is 0 Å². The topological polar surface area (TPSA) is 3.24 Å². The zero-order valence-electron chi connectivity index (χ0n) is 8.54. The van der Waals surface area contributed by atoms with Crippen LogP contribution in [-0.2, 0) is 0 Å². The number of rotatable bonds is 1. The molecule has 1 fully saturated rings. The first-order valence-electron chi connectivity index (χ1n) is 5.20. The van der Waals surface area contributed by atoms with Gasteiger partial charge in [0.2, 0.25) is 0 Å². The van der Waals surface area contributed by atoms with Crippen LogP contribution in [0.3, 0.4) is 0 Å². The molecule has 0 unspecified atom stereocenters. The molecule has 2 heteroatoms. The van der Waals surface area contributed by atoms with Gasteiger partial charge in [0.05, 0.1) is 0 Å². The van der Waals surface area contributed by atoms with Crippen LogP contribution in [0.4, 0.5) is 0 Å². The predicted octanol–water partition coefficient (Wildman–Crippen LogP) is 3.26. The molecule has 1 aliphatic heterocycles. The van der Waals surface area contributed by atoms with Crippen molar-refractivity contribution in [3.8, 4) is 0 Å². The molecule has 1 aliphatic rings.